The number of hydrogen-bond acceptors (Lipinski definition) is 8. The second kappa shape index (κ2) is 13.2. The van der Waals surface area contributed by atoms with E-state index in [1.807, 2.05) is 12.1 Å². The lowest BCUT2D eigenvalue weighted by atomic mass is 10.0. The second-order valence-corrected chi connectivity index (χ2v) is 9.92. The molecule has 0 spiro atoms. The maximum absolute atomic E-state index is 12.9. The monoisotopic (exact) mass is 525 g/mol. The summed E-state index contributed by atoms with van der Waals surface area (Å²) in [7, 11) is 1.19. The number of morpholine rings is 1. The smallest absolute Gasteiger partial charge is 0.407 e. The molecule has 2 aromatic rings. The van der Waals surface area contributed by atoms with E-state index in [0.29, 0.717) is 11.1 Å². The summed E-state index contributed by atoms with van der Waals surface area (Å²) in [5.41, 5.74) is 1.63. The van der Waals surface area contributed by atoms with E-state index in [-0.39, 0.29) is 17.9 Å². The van der Waals surface area contributed by atoms with Gasteiger partial charge in [-0.2, -0.15) is 0 Å². The number of ketones is 1. The largest absolute Gasteiger partial charge is 0.467 e. The minimum atomic E-state index is -1.13. The van der Waals surface area contributed by atoms with Crippen LogP contribution in [0.5, 0.6) is 0 Å². The van der Waals surface area contributed by atoms with Crippen molar-refractivity contribution in [3.05, 3.63) is 70.8 Å². The summed E-state index contributed by atoms with van der Waals surface area (Å²) in [4.78, 5) is 52.0. The molecule has 0 aliphatic carbocycles. The van der Waals surface area contributed by atoms with Crippen molar-refractivity contribution in [3.8, 4) is 0 Å². The average Bonchev–Trinajstić information content (AvgIpc) is 2.90. The van der Waals surface area contributed by atoms with Crippen molar-refractivity contribution in [3.63, 3.8) is 0 Å². The number of benzene rings is 2. The molecule has 3 rings (SSSR count). The molecule has 0 aromatic heterocycles. The fourth-order valence-corrected chi connectivity index (χ4v) is 3.80. The molecule has 1 heterocycles. The Kier molecular flexibility index (Phi) is 9.98. The molecule has 204 valence electrons. The van der Waals surface area contributed by atoms with Crippen LogP contribution in [0.2, 0.25) is 0 Å². The molecule has 1 atom stereocenters. The Morgan fingerprint density at radius 2 is 1.47 bits per heavy atom. The summed E-state index contributed by atoms with van der Waals surface area (Å²) in [6, 6.07) is 12.5. The molecule has 1 aliphatic rings. The van der Waals surface area contributed by atoms with E-state index >= 15 is 0 Å². The van der Waals surface area contributed by atoms with Crippen molar-refractivity contribution in [2.45, 2.75) is 39.0 Å². The van der Waals surface area contributed by atoms with Crippen LogP contribution in [0.15, 0.2) is 48.5 Å². The highest BCUT2D eigenvalue weighted by Crippen LogP contribution is 2.14. The maximum Gasteiger partial charge on any atom is 0.407 e. The van der Waals surface area contributed by atoms with Crippen molar-refractivity contribution in [1.29, 1.82) is 0 Å². The number of ether oxygens (including phenoxy) is 3. The summed E-state index contributed by atoms with van der Waals surface area (Å²) in [5.74, 6) is -1.44. The van der Waals surface area contributed by atoms with E-state index in [2.05, 4.69) is 15.5 Å². The van der Waals surface area contributed by atoms with Gasteiger partial charge in [0.1, 0.15) is 11.6 Å². The Morgan fingerprint density at radius 1 is 0.921 bits per heavy atom. The molecule has 38 heavy (non-hydrogen) atoms. The van der Waals surface area contributed by atoms with Gasteiger partial charge in [0.25, 0.3) is 5.91 Å². The molecular formula is C28H35N3O7. The highest BCUT2D eigenvalue weighted by atomic mass is 16.6. The number of alkyl carbamates (subject to hydrolysis) is 1. The number of nitrogens with one attached hydrogen (secondary N) is 2. The third kappa shape index (κ3) is 8.67. The van der Waals surface area contributed by atoms with Gasteiger partial charge in [-0.15, -0.1) is 0 Å². The number of carbonyl (C=O) groups excluding carboxylic acids is 4. The fraction of sp³-hybridized carbons (Fsp3) is 0.429. The van der Waals surface area contributed by atoms with Crippen LogP contribution in [0, 0.1) is 0 Å². The summed E-state index contributed by atoms with van der Waals surface area (Å²) < 4.78 is 15.3. The Balaban J connectivity index is 1.58. The molecule has 10 nitrogen and oxygen atoms in total. The van der Waals surface area contributed by atoms with E-state index in [9.17, 15) is 19.2 Å². The van der Waals surface area contributed by atoms with Gasteiger partial charge in [-0.3, -0.25) is 14.5 Å². The average molecular weight is 526 g/mol. The van der Waals surface area contributed by atoms with E-state index in [1.54, 1.807) is 45.0 Å². The Labute approximate surface area is 222 Å². The number of nitrogens with zero attached hydrogens (tertiary/aromatic N) is 1. The molecular weight excluding hydrogens is 490 g/mol. The van der Waals surface area contributed by atoms with Crippen molar-refractivity contribution in [2.24, 2.45) is 0 Å². The highest BCUT2D eigenvalue weighted by molar-refractivity contribution is 6.09. The van der Waals surface area contributed by atoms with Crippen molar-refractivity contribution >= 4 is 23.8 Å². The zero-order chi connectivity index (χ0) is 27.7. The van der Waals surface area contributed by atoms with Gasteiger partial charge >= 0.3 is 12.1 Å². The zero-order valence-corrected chi connectivity index (χ0v) is 22.2. The molecule has 2 amide bonds. The van der Waals surface area contributed by atoms with E-state index in [4.69, 9.17) is 14.2 Å². The summed E-state index contributed by atoms with van der Waals surface area (Å²) >= 11 is 0. The van der Waals surface area contributed by atoms with Gasteiger partial charge in [0.15, 0.2) is 5.78 Å². The minimum absolute atomic E-state index is 0.163. The van der Waals surface area contributed by atoms with Crippen LogP contribution >= 0.6 is 0 Å². The summed E-state index contributed by atoms with van der Waals surface area (Å²) in [6.07, 6.45) is -0.724. The maximum atomic E-state index is 12.9. The first kappa shape index (κ1) is 28.8. The van der Waals surface area contributed by atoms with Gasteiger partial charge in [-0.25, -0.2) is 9.59 Å². The van der Waals surface area contributed by atoms with Crippen LogP contribution < -0.4 is 10.6 Å². The highest BCUT2D eigenvalue weighted by Gasteiger charge is 2.25. The van der Waals surface area contributed by atoms with Crippen LogP contribution in [0.3, 0.4) is 0 Å². The van der Waals surface area contributed by atoms with Gasteiger partial charge < -0.3 is 24.8 Å². The van der Waals surface area contributed by atoms with Crippen molar-refractivity contribution < 1.29 is 33.4 Å². The zero-order valence-electron chi connectivity index (χ0n) is 22.2. The topological polar surface area (TPSA) is 123 Å². The van der Waals surface area contributed by atoms with Crippen LogP contribution in [0.4, 0.5) is 4.79 Å². The molecule has 2 aromatic carbocycles. The number of hydrogen-bond donors (Lipinski definition) is 2. The van der Waals surface area contributed by atoms with E-state index < -0.39 is 29.6 Å². The third-order valence-corrected chi connectivity index (χ3v) is 5.78. The van der Waals surface area contributed by atoms with Gasteiger partial charge in [0.05, 0.1) is 26.9 Å². The number of rotatable bonds is 9. The van der Waals surface area contributed by atoms with Crippen LogP contribution in [-0.2, 0) is 25.5 Å². The molecule has 10 heteroatoms. The summed E-state index contributed by atoms with van der Waals surface area (Å²) in [6.45, 7) is 8.97. The van der Waals surface area contributed by atoms with Crippen molar-refractivity contribution in [1.82, 2.24) is 15.5 Å². The Bertz CT molecular complexity index is 1120. The normalized spacial score (nSPS) is 14.7. The molecule has 0 bridgehead atoms. The first-order valence-corrected chi connectivity index (χ1v) is 12.4. The number of amides is 2. The van der Waals surface area contributed by atoms with Crippen molar-refractivity contribution in [2.75, 3.05) is 40.0 Å². The fourth-order valence-electron chi connectivity index (χ4n) is 3.80. The summed E-state index contributed by atoms with van der Waals surface area (Å²) in [5, 5.41) is 4.99. The van der Waals surface area contributed by atoms with Gasteiger partial charge in [-0.1, -0.05) is 36.4 Å². The molecule has 1 saturated heterocycles. The molecule has 1 fully saturated rings. The third-order valence-electron chi connectivity index (χ3n) is 5.78. The predicted octanol–water partition coefficient (Wildman–Crippen LogP) is 2.55. The Morgan fingerprint density at radius 3 is 2.03 bits per heavy atom. The Hall–Kier alpha value is -3.76. The number of methoxy groups -OCH3 is 1. The van der Waals surface area contributed by atoms with Crippen LogP contribution in [0.25, 0.3) is 0 Å². The molecule has 2 N–H and O–H groups in total. The van der Waals surface area contributed by atoms with Gasteiger partial charge in [-0.05, 0) is 38.5 Å². The quantitative estimate of drug-likeness (QED) is 0.378. The van der Waals surface area contributed by atoms with E-state index in [1.165, 1.54) is 19.2 Å². The molecule has 1 unspecified atom stereocenters. The lowest BCUT2D eigenvalue weighted by Crippen LogP contribution is -2.49. The first-order chi connectivity index (χ1) is 18.1. The first-order valence-electron chi connectivity index (χ1n) is 12.4. The van der Waals surface area contributed by atoms with Gasteiger partial charge in [0, 0.05) is 36.3 Å². The van der Waals surface area contributed by atoms with Crippen LogP contribution in [0.1, 0.15) is 52.6 Å². The molecule has 0 saturated carbocycles. The van der Waals surface area contributed by atoms with E-state index in [0.717, 1.165) is 38.4 Å². The lowest BCUT2D eigenvalue weighted by Gasteiger charge is -2.26. The van der Waals surface area contributed by atoms with Gasteiger partial charge in [0.2, 0.25) is 0 Å². The molecule has 1 aliphatic heterocycles. The van der Waals surface area contributed by atoms with Crippen LogP contribution in [-0.4, -0.2) is 80.3 Å². The number of carbonyl (C=O) groups is 4. The predicted molar refractivity (Wildman–Crippen MR) is 140 cm³/mol. The standard InChI is InChI=1S/C28H35N3O7/c1-28(2,3)38-27(35)29-17-23(26(34)36-4)30-25(33)22-11-9-21(10-12-22)24(32)20-7-5-19(6-8-20)18-31-13-15-37-16-14-31/h5-12,23H,13-18H2,1-4H3,(H,29,35)(H,30,33). The SMILES string of the molecule is COC(=O)C(CNC(=O)OC(C)(C)C)NC(=O)c1ccc(C(=O)c2ccc(CN3CCOCC3)cc2)cc1. The molecule has 0 radical (unpaired) electrons. The lowest BCUT2D eigenvalue weighted by molar-refractivity contribution is -0.142. The minimum Gasteiger partial charge on any atom is -0.467 e. The number of esters is 1. The second-order valence-electron chi connectivity index (χ2n) is 9.92.